The zero-order valence-electron chi connectivity index (χ0n) is 13.4. The van der Waals surface area contributed by atoms with Crippen LogP contribution in [0, 0.1) is 5.92 Å². The van der Waals surface area contributed by atoms with Crippen molar-refractivity contribution in [2.45, 2.75) is 31.4 Å². The fraction of sp³-hybridized carbons (Fsp3) is 0.625. The van der Waals surface area contributed by atoms with Crippen molar-refractivity contribution in [3.8, 4) is 0 Å². The van der Waals surface area contributed by atoms with Crippen LogP contribution in [-0.4, -0.2) is 47.9 Å². The van der Waals surface area contributed by atoms with E-state index >= 15 is 0 Å². The monoisotopic (exact) mass is 363 g/mol. The number of likely N-dealkylation sites (tertiary alicyclic amines) is 1. The molecule has 138 valence electrons. The van der Waals surface area contributed by atoms with Crippen molar-refractivity contribution in [1.29, 1.82) is 0 Å². The summed E-state index contributed by atoms with van der Waals surface area (Å²) in [6, 6.07) is 3.66. The molecule has 1 aromatic heterocycles. The van der Waals surface area contributed by atoms with Gasteiger partial charge >= 0.3 is 6.18 Å². The molecule has 1 amide bonds. The maximum absolute atomic E-state index is 13.2. The molecule has 3 heterocycles. The number of hydrogen-bond acceptors (Lipinski definition) is 3. The van der Waals surface area contributed by atoms with Crippen molar-refractivity contribution in [3.05, 3.63) is 23.9 Å². The molecule has 1 unspecified atom stereocenters. The van der Waals surface area contributed by atoms with E-state index < -0.39 is 23.7 Å². The van der Waals surface area contributed by atoms with Gasteiger partial charge in [0.2, 0.25) is 5.91 Å². The van der Waals surface area contributed by atoms with Crippen LogP contribution >= 0.6 is 0 Å². The van der Waals surface area contributed by atoms with Crippen LogP contribution in [0.2, 0.25) is 0 Å². The van der Waals surface area contributed by atoms with Gasteiger partial charge in [-0.15, -0.1) is 0 Å². The molecule has 2 aliphatic heterocycles. The van der Waals surface area contributed by atoms with Crippen molar-refractivity contribution in [2.24, 2.45) is 5.92 Å². The number of hydrogen-bond donors (Lipinski definition) is 0. The third-order valence-corrected chi connectivity index (χ3v) is 4.69. The van der Waals surface area contributed by atoms with E-state index in [9.17, 15) is 26.7 Å². The topological polar surface area (TPSA) is 36.4 Å². The van der Waals surface area contributed by atoms with Gasteiger partial charge in [-0.1, -0.05) is 6.07 Å². The number of piperidine rings is 1. The van der Waals surface area contributed by atoms with Crippen molar-refractivity contribution in [1.82, 2.24) is 9.88 Å². The zero-order valence-corrected chi connectivity index (χ0v) is 13.4. The van der Waals surface area contributed by atoms with Gasteiger partial charge in [0.05, 0.1) is 5.92 Å². The Bertz CT molecular complexity index is 639. The lowest BCUT2D eigenvalue weighted by Crippen LogP contribution is -2.45. The highest BCUT2D eigenvalue weighted by atomic mass is 19.4. The van der Waals surface area contributed by atoms with Gasteiger partial charge in [-0.2, -0.15) is 13.2 Å². The normalized spacial score (nSPS) is 23.8. The second-order valence-electron chi connectivity index (χ2n) is 6.49. The molecule has 25 heavy (non-hydrogen) atoms. The van der Waals surface area contributed by atoms with E-state index in [-0.39, 0.29) is 44.2 Å². The van der Waals surface area contributed by atoms with E-state index in [4.69, 9.17) is 0 Å². The maximum Gasteiger partial charge on any atom is 0.433 e. The molecule has 9 heteroatoms. The summed E-state index contributed by atoms with van der Waals surface area (Å²) in [7, 11) is 0. The van der Waals surface area contributed by atoms with Crippen molar-refractivity contribution in [2.75, 3.05) is 31.1 Å². The van der Waals surface area contributed by atoms with E-state index in [0.717, 1.165) is 6.07 Å². The first-order valence-corrected chi connectivity index (χ1v) is 8.11. The van der Waals surface area contributed by atoms with Gasteiger partial charge in [0, 0.05) is 39.0 Å². The second-order valence-corrected chi connectivity index (χ2v) is 6.49. The van der Waals surface area contributed by atoms with Gasteiger partial charge in [-0.05, 0) is 18.6 Å². The first kappa shape index (κ1) is 17.9. The summed E-state index contributed by atoms with van der Waals surface area (Å²) in [6.45, 7) is 0.697. The third kappa shape index (κ3) is 4.01. The van der Waals surface area contributed by atoms with Crippen molar-refractivity contribution < 1.29 is 26.7 Å². The molecule has 1 aromatic rings. The summed E-state index contributed by atoms with van der Waals surface area (Å²) in [5.74, 6) is -3.15. The first-order chi connectivity index (χ1) is 11.7. The van der Waals surface area contributed by atoms with Crippen LogP contribution in [-0.2, 0) is 11.0 Å². The number of anilines is 1. The largest absolute Gasteiger partial charge is 0.433 e. The quantitative estimate of drug-likeness (QED) is 0.758. The first-order valence-electron chi connectivity index (χ1n) is 8.11. The van der Waals surface area contributed by atoms with Crippen LogP contribution in [0.4, 0.5) is 27.8 Å². The molecule has 0 aromatic carbocycles. The van der Waals surface area contributed by atoms with Crippen LogP contribution in [0.25, 0.3) is 0 Å². The molecule has 0 radical (unpaired) electrons. The second kappa shape index (κ2) is 6.42. The average Bonchev–Trinajstić information content (AvgIpc) is 3.03. The number of rotatable bonds is 2. The Morgan fingerprint density at radius 1 is 1.16 bits per heavy atom. The summed E-state index contributed by atoms with van der Waals surface area (Å²) in [5, 5.41) is 0. The maximum atomic E-state index is 13.2. The van der Waals surface area contributed by atoms with Gasteiger partial charge in [0.1, 0.15) is 11.5 Å². The number of alkyl halides is 5. The van der Waals surface area contributed by atoms with E-state index in [1.807, 2.05) is 0 Å². The Morgan fingerprint density at radius 2 is 1.84 bits per heavy atom. The predicted molar refractivity (Wildman–Crippen MR) is 80.3 cm³/mol. The highest BCUT2D eigenvalue weighted by molar-refractivity contribution is 5.80. The van der Waals surface area contributed by atoms with Gasteiger partial charge in [0.25, 0.3) is 5.92 Å². The summed E-state index contributed by atoms with van der Waals surface area (Å²) < 4.78 is 64.7. The minimum Gasteiger partial charge on any atom is -0.356 e. The summed E-state index contributed by atoms with van der Waals surface area (Å²) in [4.78, 5) is 19.2. The van der Waals surface area contributed by atoms with Crippen LogP contribution in [0.1, 0.15) is 25.0 Å². The van der Waals surface area contributed by atoms with Gasteiger partial charge in [-0.3, -0.25) is 4.79 Å². The number of aromatic nitrogens is 1. The smallest absolute Gasteiger partial charge is 0.356 e. The number of amides is 1. The molecular weight excluding hydrogens is 345 g/mol. The lowest BCUT2D eigenvalue weighted by atomic mass is 10.0. The van der Waals surface area contributed by atoms with Crippen molar-refractivity contribution >= 4 is 11.7 Å². The highest BCUT2D eigenvalue weighted by Crippen LogP contribution is 2.32. The zero-order chi connectivity index (χ0) is 18.2. The molecule has 2 fully saturated rings. The SMILES string of the molecule is O=C(C1CCN(c2cccc(C(F)(F)F)n2)C1)N1CCC(F)(F)CC1. The number of carbonyl (C=O) groups is 1. The van der Waals surface area contributed by atoms with Crippen LogP contribution in [0.3, 0.4) is 0 Å². The highest BCUT2D eigenvalue weighted by Gasteiger charge is 2.39. The molecule has 0 bridgehead atoms. The third-order valence-electron chi connectivity index (χ3n) is 4.69. The fourth-order valence-corrected chi connectivity index (χ4v) is 3.24. The van der Waals surface area contributed by atoms with Gasteiger partial charge in [-0.25, -0.2) is 13.8 Å². The molecule has 0 saturated carbocycles. The molecular formula is C16H18F5N3O. The Kier molecular flexibility index (Phi) is 4.59. The Hall–Kier alpha value is -1.93. The average molecular weight is 363 g/mol. The fourth-order valence-electron chi connectivity index (χ4n) is 3.24. The number of halogens is 5. The Balaban J connectivity index is 1.63. The van der Waals surface area contributed by atoms with Crippen LogP contribution in [0.5, 0.6) is 0 Å². The van der Waals surface area contributed by atoms with Crippen molar-refractivity contribution in [3.63, 3.8) is 0 Å². The molecule has 0 aliphatic carbocycles. The van der Waals surface area contributed by atoms with E-state index in [0.29, 0.717) is 13.0 Å². The van der Waals surface area contributed by atoms with E-state index in [1.54, 1.807) is 4.90 Å². The molecule has 4 nitrogen and oxygen atoms in total. The van der Waals surface area contributed by atoms with Gasteiger partial charge < -0.3 is 9.80 Å². The minimum atomic E-state index is -4.52. The lowest BCUT2D eigenvalue weighted by molar-refractivity contribution is -0.142. The standard InChI is InChI=1S/C16H18F5N3O/c17-15(18)5-8-23(9-6-15)14(25)11-4-7-24(10-11)13-3-1-2-12(22-13)16(19,20)21/h1-3,11H,4-10H2. The van der Waals surface area contributed by atoms with E-state index in [1.165, 1.54) is 17.0 Å². The Labute approximate surface area is 141 Å². The molecule has 3 rings (SSSR count). The molecule has 1 atom stereocenters. The predicted octanol–water partition coefficient (Wildman–Crippen LogP) is 3.18. The molecule has 2 saturated heterocycles. The van der Waals surface area contributed by atoms with Crippen LogP contribution < -0.4 is 4.90 Å². The number of nitrogens with zero attached hydrogens (tertiary/aromatic N) is 3. The lowest BCUT2D eigenvalue weighted by Gasteiger charge is -2.33. The Morgan fingerprint density at radius 3 is 2.48 bits per heavy atom. The van der Waals surface area contributed by atoms with Gasteiger partial charge in [0.15, 0.2) is 0 Å². The minimum absolute atomic E-state index is 0.0180. The molecule has 2 aliphatic rings. The van der Waals surface area contributed by atoms with Crippen LogP contribution in [0.15, 0.2) is 18.2 Å². The number of pyridine rings is 1. The summed E-state index contributed by atoms with van der Waals surface area (Å²) in [5.41, 5.74) is -0.974. The van der Waals surface area contributed by atoms with E-state index in [2.05, 4.69) is 4.98 Å². The summed E-state index contributed by atoms with van der Waals surface area (Å²) in [6.07, 6.45) is -4.73. The molecule has 0 spiro atoms. The number of carbonyl (C=O) groups excluding carboxylic acids is 1. The molecule has 0 N–H and O–H groups in total. The summed E-state index contributed by atoms with van der Waals surface area (Å²) >= 11 is 0.